The molecular weight excluding hydrogens is 210 g/mol. The predicted octanol–water partition coefficient (Wildman–Crippen LogP) is 1.99. The minimum atomic E-state index is -3.03. The summed E-state index contributed by atoms with van der Waals surface area (Å²) in [6.45, 7) is 5.81. The standard InChI is InChI=1S/C11H21NO2S/c1-8(2)15(13,14)12-10-4-5-11(12)7-9(3)6-10/h8-11H,4-7H2,1-3H3/t9-,10+,11-. The van der Waals surface area contributed by atoms with E-state index >= 15 is 0 Å². The van der Waals surface area contributed by atoms with Gasteiger partial charge in [0.2, 0.25) is 10.0 Å². The third kappa shape index (κ3) is 1.82. The van der Waals surface area contributed by atoms with E-state index in [1.807, 2.05) is 4.31 Å². The second-order valence-electron chi connectivity index (χ2n) is 5.39. The van der Waals surface area contributed by atoms with Gasteiger partial charge < -0.3 is 0 Å². The van der Waals surface area contributed by atoms with E-state index in [0.717, 1.165) is 25.7 Å². The summed E-state index contributed by atoms with van der Waals surface area (Å²) in [7, 11) is -3.03. The molecule has 2 aliphatic rings. The lowest BCUT2D eigenvalue weighted by Gasteiger charge is -2.37. The molecule has 0 aromatic rings. The maximum Gasteiger partial charge on any atom is 0.216 e. The summed E-state index contributed by atoms with van der Waals surface area (Å²) in [6, 6.07) is 0.595. The highest BCUT2D eigenvalue weighted by Gasteiger charge is 2.46. The van der Waals surface area contributed by atoms with Gasteiger partial charge in [-0.1, -0.05) is 6.92 Å². The molecule has 2 rings (SSSR count). The van der Waals surface area contributed by atoms with Crippen LogP contribution in [0.4, 0.5) is 0 Å². The fourth-order valence-corrected chi connectivity index (χ4v) is 4.77. The molecule has 0 N–H and O–H groups in total. The van der Waals surface area contributed by atoms with Crippen LogP contribution >= 0.6 is 0 Å². The average Bonchev–Trinajstić information content (AvgIpc) is 2.39. The van der Waals surface area contributed by atoms with E-state index in [9.17, 15) is 8.42 Å². The summed E-state index contributed by atoms with van der Waals surface area (Å²) in [5, 5.41) is -0.269. The molecule has 0 aromatic heterocycles. The first-order chi connectivity index (χ1) is 6.93. The number of rotatable bonds is 2. The van der Waals surface area contributed by atoms with Crippen LogP contribution in [-0.4, -0.2) is 30.1 Å². The van der Waals surface area contributed by atoms with Crippen molar-refractivity contribution in [3.63, 3.8) is 0 Å². The Balaban J connectivity index is 2.26. The van der Waals surface area contributed by atoms with Crippen molar-refractivity contribution in [1.29, 1.82) is 0 Å². The van der Waals surface area contributed by atoms with E-state index in [1.54, 1.807) is 13.8 Å². The van der Waals surface area contributed by atoms with Gasteiger partial charge in [-0.15, -0.1) is 0 Å². The maximum atomic E-state index is 12.2. The first kappa shape index (κ1) is 11.4. The SMILES string of the molecule is CC(C)S(=O)(=O)N1[C@@H]2CC[C@H]1C[C@@H](C)C2. The molecule has 88 valence electrons. The lowest BCUT2D eigenvalue weighted by molar-refractivity contribution is 0.199. The molecular formula is C11H21NO2S. The number of piperidine rings is 1. The molecule has 2 heterocycles. The Morgan fingerprint density at radius 2 is 1.60 bits per heavy atom. The Morgan fingerprint density at radius 3 is 2.00 bits per heavy atom. The molecule has 2 saturated heterocycles. The largest absolute Gasteiger partial charge is 0.216 e. The lowest BCUT2D eigenvalue weighted by Crippen LogP contribution is -2.48. The van der Waals surface area contributed by atoms with Crippen LogP contribution in [0.5, 0.6) is 0 Å². The molecule has 0 amide bonds. The molecule has 0 spiro atoms. The van der Waals surface area contributed by atoms with Crippen LogP contribution in [0.15, 0.2) is 0 Å². The zero-order valence-corrected chi connectivity index (χ0v) is 10.6. The van der Waals surface area contributed by atoms with E-state index in [2.05, 4.69) is 6.92 Å². The van der Waals surface area contributed by atoms with Crippen molar-refractivity contribution in [3.8, 4) is 0 Å². The van der Waals surface area contributed by atoms with Crippen LogP contribution in [-0.2, 0) is 10.0 Å². The third-order valence-corrected chi connectivity index (χ3v) is 6.17. The monoisotopic (exact) mass is 231 g/mol. The first-order valence-corrected chi connectivity index (χ1v) is 7.45. The minimum Gasteiger partial charge on any atom is -0.212 e. The van der Waals surface area contributed by atoms with Crippen molar-refractivity contribution in [2.75, 3.05) is 0 Å². The van der Waals surface area contributed by atoms with Gasteiger partial charge in [0, 0.05) is 12.1 Å². The van der Waals surface area contributed by atoms with Crippen molar-refractivity contribution in [1.82, 2.24) is 4.31 Å². The Kier molecular flexibility index (Phi) is 2.84. The second kappa shape index (κ2) is 3.74. The van der Waals surface area contributed by atoms with Crippen LogP contribution in [0.3, 0.4) is 0 Å². The van der Waals surface area contributed by atoms with E-state index in [0.29, 0.717) is 18.0 Å². The van der Waals surface area contributed by atoms with Gasteiger partial charge in [-0.3, -0.25) is 0 Å². The van der Waals surface area contributed by atoms with Crippen molar-refractivity contribution in [3.05, 3.63) is 0 Å². The first-order valence-electron chi connectivity index (χ1n) is 5.95. The minimum absolute atomic E-state index is 0.269. The predicted molar refractivity (Wildman–Crippen MR) is 61.1 cm³/mol. The van der Waals surface area contributed by atoms with Crippen LogP contribution in [0.25, 0.3) is 0 Å². The average molecular weight is 231 g/mol. The lowest BCUT2D eigenvalue weighted by atomic mass is 9.94. The topological polar surface area (TPSA) is 37.4 Å². The van der Waals surface area contributed by atoms with E-state index < -0.39 is 10.0 Å². The molecule has 4 heteroatoms. The van der Waals surface area contributed by atoms with E-state index in [-0.39, 0.29) is 5.25 Å². The summed E-state index contributed by atoms with van der Waals surface area (Å²) in [5.41, 5.74) is 0. The summed E-state index contributed by atoms with van der Waals surface area (Å²) >= 11 is 0. The molecule has 0 unspecified atom stereocenters. The molecule has 3 atom stereocenters. The molecule has 2 aliphatic heterocycles. The van der Waals surface area contributed by atoms with Gasteiger partial charge in [0.05, 0.1) is 5.25 Å². The highest BCUT2D eigenvalue weighted by Crippen LogP contribution is 2.40. The van der Waals surface area contributed by atoms with Gasteiger partial charge in [-0.25, -0.2) is 8.42 Å². The fourth-order valence-electron chi connectivity index (χ4n) is 3.07. The van der Waals surface area contributed by atoms with E-state index in [4.69, 9.17) is 0 Å². The highest BCUT2D eigenvalue weighted by atomic mass is 32.2. The normalized spacial score (nSPS) is 37.5. The molecule has 2 bridgehead atoms. The quantitative estimate of drug-likeness (QED) is 0.729. The van der Waals surface area contributed by atoms with Gasteiger partial charge in [-0.05, 0) is 45.4 Å². The second-order valence-corrected chi connectivity index (χ2v) is 7.78. The third-order valence-electron chi connectivity index (χ3n) is 3.79. The van der Waals surface area contributed by atoms with Gasteiger partial charge in [-0.2, -0.15) is 4.31 Å². The Hall–Kier alpha value is -0.0900. The van der Waals surface area contributed by atoms with Crippen molar-refractivity contribution in [2.45, 2.75) is 63.8 Å². The smallest absolute Gasteiger partial charge is 0.212 e. The van der Waals surface area contributed by atoms with Crippen molar-refractivity contribution < 1.29 is 8.42 Å². The summed E-state index contributed by atoms with van der Waals surface area (Å²) in [5.74, 6) is 0.695. The van der Waals surface area contributed by atoms with E-state index in [1.165, 1.54) is 0 Å². The number of hydrogen-bond donors (Lipinski definition) is 0. The van der Waals surface area contributed by atoms with Crippen molar-refractivity contribution in [2.24, 2.45) is 5.92 Å². The molecule has 3 nitrogen and oxygen atoms in total. The number of fused-ring (bicyclic) bond motifs is 2. The van der Waals surface area contributed by atoms with Gasteiger partial charge in [0.15, 0.2) is 0 Å². The Bertz CT molecular complexity index is 322. The van der Waals surface area contributed by atoms with Crippen LogP contribution in [0.1, 0.15) is 46.5 Å². The van der Waals surface area contributed by atoms with Gasteiger partial charge >= 0.3 is 0 Å². The van der Waals surface area contributed by atoms with Crippen LogP contribution in [0, 0.1) is 5.92 Å². The summed E-state index contributed by atoms with van der Waals surface area (Å²) < 4.78 is 26.2. The van der Waals surface area contributed by atoms with Gasteiger partial charge in [0.25, 0.3) is 0 Å². The number of sulfonamides is 1. The van der Waals surface area contributed by atoms with Crippen LogP contribution < -0.4 is 0 Å². The Labute approximate surface area is 92.9 Å². The van der Waals surface area contributed by atoms with Crippen LogP contribution in [0.2, 0.25) is 0 Å². The highest BCUT2D eigenvalue weighted by molar-refractivity contribution is 7.89. The number of hydrogen-bond acceptors (Lipinski definition) is 2. The summed E-state index contributed by atoms with van der Waals surface area (Å²) in [4.78, 5) is 0. The zero-order chi connectivity index (χ0) is 11.2. The molecule has 0 radical (unpaired) electrons. The molecule has 2 fully saturated rings. The molecule has 0 aromatic carbocycles. The maximum absolute atomic E-state index is 12.2. The molecule has 0 saturated carbocycles. The zero-order valence-electron chi connectivity index (χ0n) is 9.81. The number of nitrogens with zero attached hydrogens (tertiary/aromatic N) is 1. The summed E-state index contributed by atoms with van der Waals surface area (Å²) in [6.07, 6.45) is 4.26. The fraction of sp³-hybridized carbons (Fsp3) is 1.00. The van der Waals surface area contributed by atoms with Gasteiger partial charge in [0.1, 0.15) is 0 Å². The molecule has 0 aliphatic carbocycles. The Morgan fingerprint density at radius 1 is 1.13 bits per heavy atom. The molecule has 15 heavy (non-hydrogen) atoms. The van der Waals surface area contributed by atoms with Crippen molar-refractivity contribution >= 4 is 10.0 Å².